The standard InChI is InChI=1S/C22H30N4O3/c1-3-5-7-14-23-21(27)19-18-9-6-8-15-26(18)20(25-19)22(28)24-16-10-12-17(13-11-16)29-4-2/h10-13H,3-9,14-15H2,1-2H3,(H,23,27)(H,24,28). The van der Waals surface area contributed by atoms with Crippen molar-refractivity contribution in [3.63, 3.8) is 0 Å². The number of ether oxygens (including phenoxy) is 1. The molecule has 2 heterocycles. The lowest BCUT2D eigenvalue weighted by Crippen LogP contribution is -2.26. The van der Waals surface area contributed by atoms with Crippen molar-refractivity contribution in [1.29, 1.82) is 0 Å². The molecule has 0 saturated heterocycles. The van der Waals surface area contributed by atoms with Crippen LogP contribution in [-0.2, 0) is 13.0 Å². The fourth-order valence-corrected chi connectivity index (χ4v) is 3.55. The third kappa shape index (κ3) is 5.16. The Labute approximate surface area is 171 Å². The number of unbranched alkanes of at least 4 members (excludes halogenated alkanes) is 2. The second-order valence-electron chi connectivity index (χ2n) is 7.21. The maximum absolute atomic E-state index is 12.9. The Hall–Kier alpha value is -2.83. The van der Waals surface area contributed by atoms with E-state index in [2.05, 4.69) is 22.5 Å². The van der Waals surface area contributed by atoms with Crippen LogP contribution in [0.4, 0.5) is 5.69 Å². The Morgan fingerprint density at radius 2 is 1.90 bits per heavy atom. The Kier molecular flexibility index (Phi) is 7.27. The lowest BCUT2D eigenvalue weighted by atomic mass is 10.1. The number of fused-ring (bicyclic) bond motifs is 1. The molecule has 1 aromatic carbocycles. The van der Waals surface area contributed by atoms with Crippen molar-refractivity contribution in [2.45, 2.75) is 58.9 Å². The Morgan fingerprint density at radius 1 is 1.10 bits per heavy atom. The van der Waals surface area contributed by atoms with Crippen LogP contribution in [0.25, 0.3) is 0 Å². The molecular weight excluding hydrogens is 368 g/mol. The monoisotopic (exact) mass is 398 g/mol. The molecule has 0 unspecified atom stereocenters. The van der Waals surface area contributed by atoms with Crippen molar-refractivity contribution < 1.29 is 14.3 Å². The molecule has 0 atom stereocenters. The molecular formula is C22H30N4O3. The molecule has 0 aliphatic carbocycles. The maximum atomic E-state index is 12.9. The van der Waals surface area contributed by atoms with Crippen molar-refractivity contribution >= 4 is 17.5 Å². The zero-order chi connectivity index (χ0) is 20.6. The van der Waals surface area contributed by atoms with Gasteiger partial charge in [0.15, 0.2) is 5.82 Å². The highest BCUT2D eigenvalue weighted by atomic mass is 16.5. The van der Waals surface area contributed by atoms with Gasteiger partial charge >= 0.3 is 0 Å². The van der Waals surface area contributed by atoms with E-state index in [1.54, 1.807) is 12.1 Å². The van der Waals surface area contributed by atoms with E-state index >= 15 is 0 Å². The van der Waals surface area contributed by atoms with Crippen LogP contribution in [0.1, 0.15) is 72.8 Å². The summed E-state index contributed by atoms with van der Waals surface area (Å²) in [5.74, 6) is 0.562. The number of anilines is 1. The number of hydrogen-bond donors (Lipinski definition) is 2. The van der Waals surface area contributed by atoms with Crippen molar-refractivity contribution in [3.05, 3.63) is 41.5 Å². The van der Waals surface area contributed by atoms with E-state index in [0.29, 0.717) is 36.9 Å². The van der Waals surface area contributed by atoms with Crippen LogP contribution < -0.4 is 15.4 Å². The molecule has 2 aromatic rings. The fraction of sp³-hybridized carbons (Fsp3) is 0.500. The minimum atomic E-state index is -0.303. The average molecular weight is 399 g/mol. The van der Waals surface area contributed by atoms with Crippen molar-refractivity contribution in [2.24, 2.45) is 0 Å². The second-order valence-corrected chi connectivity index (χ2v) is 7.21. The first kappa shape index (κ1) is 20.9. The molecule has 0 bridgehead atoms. The van der Waals surface area contributed by atoms with Crippen molar-refractivity contribution in [2.75, 3.05) is 18.5 Å². The molecule has 156 valence electrons. The minimum Gasteiger partial charge on any atom is -0.494 e. The van der Waals surface area contributed by atoms with Gasteiger partial charge in [0.2, 0.25) is 0 Å². The Morgan fingerprint density at radius 3 is 2.62 bits per heavy atom. The SMILES string of the molecule is CCCCCNC(=O)c1nc(C(=O)Nc2ccc(OCC)cc2)n2c1CCCC2. The molecule has 7 heteroatoms. The smallest absolute Gasteiger partial charge is 0.291 e. The highest BCUT2D eigenvalue weighted by molar-refractivity contribution is 6.03. The molecule has 3 rings (SSSR count). The zero-order valence-electron chi connectivity index (χ0n) is 17.3. The summed E-state index contributed by atoms with van der Waals surface area (Å²) in [6.45, 7) is 5.98. The van der Waals surface area contributed by atoms with E-state index in [1.807, 2.05) is 23.6 Å². The van der Waals surface area contributed by atoms with E-state index in [0.717, 1.165) is 50.0 Å². The average Bonchev–Trinajstić information content (AvgIpc) is 3.13. The van der Waals surface area contributed by atoms with Crippen LogP contribution in [0, 0.1) is 0 Å². The first-order valence-electron chi connectivity index (χ1n) is 10.6. The van der Waals surface area contributed by atoms with Crippen LogP contribution in [0.2, 0.25) is 0 Å². The molecule has 7 nitrogen and oxygen atoms in total. The van der Waals surface area contributed by atoms with Gasteiger partial charge in [0, 0.05) is 18.8 Å². The molecule has 0 radical (unpaired) electrons. The molecule has 0 saturated carbocycles. The molecule has 1 aromatic heterocycles. The minimum absolute atomic E-state index is 0.188. The summed E-state index contributed by atoms with van der Waals surface area (Å²) in [6.07, 6.45) is 5.87. The van der Waals surface area contributed by atoms with Crippen LogP contribution in [0.3, 0.4) is 0 Å². The second kappa shape index (κ2) is 10.1. The van der Waals surface area contributed by atoms with Crippen molar-refractivity contribution in [3.8, 4) is 5.75 Å². The van der Waals surface area contributed by atoms with Gasteiger partial charge in [0.1, 0.15) is 11.4 Å². The predicted molar refractivity (Wildman–Crippen MR) is 113 cm³/mol. The molecule has 1 aliphatic rings. The van der Waals surface area contributed by atoms with E-state index in [4.69, 9.17) is 4.74 Å². The summed E-state index contributed by atoms with van der Waals surface area (Å²) in [4.78, 5) is 30.0. The normalized spacial score (nSPS) is 12.9. The third-order valence-corrected chi connectivity index (χ3v) is 5.03. The topological polar surface area (TPSA) is 85.2 Å². The van der Waals surface area contributed by atoms with E-state index < -0.39 is 0 Å². The highest BCUT2D eigenvalue weighted by Gasteiger charge is 2.27. The van der Waals surface area contributed by atoms with Crippen LogP contribution >= 0.6 is 0 Å². The van der Waals surface area contributed by atoms with Gasteiger partial charge in [-0.15, -0.1) is 0 Å². The zero-order valence-corrected chi connectivity index (χ0v) is 17.3. The number of hydrogen-bond acceptors (Lipinski definition) is 4. The summed E-state index contributed by atoms with van der Waals surface area (Å²) in [5, 5.41) is 5.82. The first-order chi connectivity index (χ1) is 14.1. The van der Waals surface area contributed by atoms with Gasteiger partial charge in [0.25, 0.3) is 11.8 Å². The van der Waals surface area contributed by atoms with Crippen LogP contribution in [0.5, 0.6) is 5.75 Å². The third-order valence-electron chi connectivity index (χ3n) is 5.03. The van der Waals surface area contributed by atoms with Gasteiger partial charge in [0.05, 0.1) is 12.3 Å². The summed E-state index contributed by atoms with van der Waals surface area (Å²) in [5.41, 5.74) is 1.91. The number of imidazole rings is 1. The van der Waals surface area contributed by atoms with Crippen molar-refractivity contribution in [1.82, 2.24) is 14.9 Å². The van der Waals surface area contributed by atoms with Crippen LogP contribution in [0.15, 0.2) is 24.3 Å². The number of benzene rings is 1. The summed E-state index contributed by atoms with van der Waals surface area (Å²) >= 11 is 0. The van der Waals surface area contributed by atoms with Gasteiger partial charge in [-0.05, 0) is 56.9 Å². The fourth-order valence-electron chi connectivity index (χ4n) is 3.55. The van der Waals surface area contributed by atoms with E-state index in [9.17, 15) is 9.59 Å². The summed E-state index contributed by atoms with van der Waals surface area (Å²) in [7, 11) is 0. The lowest BCUT2D eigenvalue weighted by molar-refractivity contribution is 0.0947. The number of carbonyl (C=O) groups excluding carboxylic acids is 2. The van der Waals surface area contributed by atoms with Crippen LogP contribution in [-0.4, -0.2) is 34.5 Å². The van der Waals surface area contributed by atoms with E-state index in [-0.39, 0.29) is 11.8 Å². The molecule has 0 fully saturated rings. The number of nitrogens with one attached hydrogen (secondary N) is 2. The lowest BCUT2D eigenvalue weighted by Gasteiger charge is -2.17. The van der Waals surface area contributed by atoms with Gasteiger partial charge < -0.3 is 19.9 Å². The van der Waals surface area contributed by atoms with Gasteiger partial charge in [-0.2, -0.15) is 0 Å². The van der Waals surface area contributed by atoms with Gasteiger partial charge in [-0.1, -0.05) is 19.8 Å². The quantitative estimate of drug-likeness (QED) is 0.629. The summed E-state index contributed by atoms with van der Waals surface area (Å²) in [6, 6.07) is 7.22. The molecule has 29 heavy (non-hydrogen) atoms. The largest absolute Gasteiger partial charge is 0.494 e. The van der Waals surface area contributed by atoms with Gasteiger partial charge in [-0.25, -0.2) is 4.98 Å². The Bertz CT molecular complexity index is 842. The Balaban J connectivity index is 1.75. The molecule has 1 aliphatic heterocycles. The molecule has 2 N–H and O–H groups in total. The maximum Gasteiger partial charge on any atom is 0.291 e. The number of rotatable bonds is 9. The number of amides is 2. The summed E-state index contributed by atoms with van der Waals surface area (Å²) < 4.78 is 7.33. The number of nitrogens with zero attached hydrogens (tertiary/aromatic N) is 2. The number of aromatic nitrogens is 2. The highest BCUT2D eigenvalue weighted by Crippen LogP contribution is 2.22. The van der Waals surface area contributed by atoms with Gasteiger partial charge in [-0.3, -0.25) is 9.59 Å². The number of carbonyl (C=O) groups is 2. The molecule has 0 spiro atoms. The first-order valence-corrected chi connectivity index (χ1v) is 10.6. The van der Waals surface area contributed by atoms with E-state index in [1.165, 1.54) is 0 Å². The molecule has 2 amide bonds. The predicted octanol–water partition coefficient (Wildman–Crippen LogP) is 3.79.